The highest BCUT2D eigenvalue weighted by Gasteiger charge is 2.17. The predicted octanol–water partition coefficient (Wildman–Crippen LogP) is 6.47. The fraction of sp³-hybridized carbons (Fsp3) is 0.0417. The fourth-order valence-corrected chi connectivity index (χ4v) is 3.57. The maximum absolute atomic E-state index is 12.9. The van der Waals surface area contributed by atoms with Crippen LogP contribution >= 0.6 is 31.9 Å². The Morgan fingerprint density at radius 2 is 1.47 bits per heavy atom. The first kappa shape index (κ1) is 20.4. The van der Waals surface area contributed by atoms with E-state index in [4.69, 9.17) is 4.74 Å². The molecule has 3 aromatic carbocycles. The molecule has 6 heteroatoms. The molecule has 0 radical (unpaired) electrons. The molecule has 0 spiro atoms. The summed E-state index contributed by atoms with van der Waals surface area (Å²) in [6, 6.07) is 23.7. The minimum Gasteiger partial charge on any atom is -0.454 e. The Labute approximate surface area is 190 Å². The number of carbonyl (C=O) groups is 2. The highest BCUT2D eigenvalue weighted by Crippen LogP contribution is 2.26. The van der Waals surface area contributed by atoms with Crippen molar-refractivity contribution in [2.45, 2.75) is 0 Å². The number of para-hydroxylation sites is 1. The van der Waals surface area contributed by atoms with Gasteiger partial charge in [-0.1, -0.05) is 74.3 Å². The van der Waals surface area contributed by atoms with Gasteiger partial charge in [0, 0.05) is 25.5 Å². The summed E-state index contributed by atoms with van der Waals surface area (Å²) in [5, 5.41) is 0.680. The summed E-state index contributed by atoms with van der Waals surface area (Å²) < 4.78 is 7.19. The molecule has 0 bridgehead atoms. The molecule has 0 unspecified atom stereocenters. The van der Waals surface area contributed by atoms with Gasteiger partial charge in [-0.25, -0.2) is 9.78 Å². The van der Waals surface area contributed by atoms with Crippen molar-refractivity contribution in [3.63, 3.8) is 0 Å². The van der Waals surface area contributed by atoms with Gasteiger partial charge in [-0.2, -0.15) is 0 Å². The Kier molecular flexibility index (Phi) is 6.06. The molecule has 1 aromatic heterocycles. The molecule has 4 rings (SSSR count). The van der Waals surface area contributed by atoms with Crippen molar-refractivity contribution >= 4 is 54.5 Å². The molecule has 4 nitrogen and oxygen atoms in total. The van der Waals surface area contributed by atoms with E-state index in [1.807, 2.05) is 48.5 Å². The van der Waals surface area contributed by atoms with Crippen LogP contribution in [-0.4, -0.2) is 23.3 Å². The van der Waals surface area contributed by atoms with Gasteiger partial charge in [0.15, 0.2) is 12.4 Å². The van der Waals surface area contributed by atoms with E-state index in [0.29, 0.717) is 27.7 Å². The third kappa shape index (κ3) is 4.50. The number of ether oxygens (including phenoxy) is 1. The number of carbonyl (C=O) groups excluding carboxylic acids is 2. The molecule has 0 aliphatic carbocycles. The number of rotatable bonds is 5. The Balaban J connectivity index is 1.63. The van der Waals surface area contributed by atoms with Crippen molar-refractivity contribution in [1.82, 2.24) is 4.98 Å². The maximum Gasteiger partial charge on any atom is 0.339 e. The van der Waals surface area contributed by atoms with Crippen LogP contribution in [-0.2, 0) is 4.74 Å². The topological polar surface area (TPSA) is 56.3 Å². The number of ketones is 1. The number of fused-ring (bicyclic) bond motifs is 1. The van der Waals surface area contributed by atoms with Crippen LogP contribution < -0.4 is 0 Å². The molecule has 0 aliphatic rings. The Morgan fingerprint density at radius 3 is 2.17 bits per heavy atom. The van der Waals surface area contributed by atoms with E-state index in [1.165, 1.54) is 0 Å². The second kappa shape index (κ2) is 8.90. The molecule has 0 atom stereocenters. The SMILES string of the molecule is O=C(COC(=O)c1cc(-c2ccc(Br)cc2)nc2ccccc12)c1ccc(Br)cc1. The van der Waals surface area contributed by atoms with Crippen LogP contribution in [0.5, 0.6) is 0 Å². The number of esters is 1. The monoisotopic (exact) mass is 523 g/mol. The van der Waals surface area contributed by atoms with Gasteiger partial charge >= 0.3 is 5.97 Å². The maximum atomic E-state index is 12.9. The van der Waals surface area contributed by atoms with Gasteiger partial charge in [0.05, 0.1) is 16.8 Å². The van der Waals surface area contributed by atoms with Crippen LogP contribution in [0.3, 0.4) is 0 Å². The second-order valence-corrected chi connectivity index (χ2v) is 8.42. The first-order chi connectivity index (χ1) is 14.5. The van der Waals surface area contributed by atoms with Gasteiger partial charge in [-0.15, -0.1) is 0 Å². The lowest BCUT2D eigenvalue weighted by Gasteiger charge is -2.10. The van der Waals surface area contributed by atoms with Gasteiger partial charge in [0.2, 0.25) is 0 Å². The molecule has 0 saturated heterocycles. The van der Waals surface area contributed by atoms with E-state index < -0.39 is 5.97 Å². The number of nitrogens with zero attached hydrogens (tertiary/aromatic N) is 1. The molecule has 0 aliphatic heterocycles. The van der Waals surface area contributed by atoms with Crippen molar-refractivity contribution in [2.75, 3.05) is 6.61 Å². The Morgan fingerprint density at radius 1 is 0.833 bits per heavy atom. The van der Waals surface area contributed by atoms with Crippen molar-refractivity contribution < 1.29 is 14.3 Å². The van der Waals surface area contributed by atoms with Crippen LogP contribution in [0.1, 0.15) is 20.7 Å². The average Bonchev–Trinajstić information content (AvgIpc) is 2.77. The molecule has 148 valence electrons. The van der Waals surface area contributed by atoms with Crippen molar-refractivity contribution in [3.8, 4) is 11.3 Å². The number of benzene rings is 3. The zero-order chi connectivity index (χ0) is 21.1. The van der Waals surface area contributed by atoms with Gasteiger partial charge in [-0.3, -0.25) is 4.79 Å². The first-order valence-electron chi connectivity index (χ1n) is 9.13. The third-order valence-electron chi connectivity index (χ3n) is 4.58. The number of hydrogen-bond acceptors (Lipinski definition) is 4. The molecular weight excluding hydrogens is 510 g/mol. The lowest BCUT2D eigenvalue weighted by atomic mass is 10.0. The quantitative estimate of drug-likeness (QED) is 0.222. The van der Waals surface area contributed by atoms with Crippen LogP contribution in [0.15, 0.2) is 87.8 Å². The van der Waals surface area contributed by atoms with E-state index >= 15 is 0 Å². The van der Waals surface area contributed by atoms with Gasteiger partial charge in [-0.05, 0) is 36.4 Å². The number of halogens is 2. The smallest absolute Gasteiger partial charge is 0.339 e. The van der Waals surface area contributed by atoms with Crippen molar-refractivity contribution in [1.29, 1.82) is 0 Å². The highest BCUT2D eigenvalue weighted by atomic mass is 79.9. The molecule has 30 heavy (non-hydrogen) atoms. The largest absolute Gasteiger partial charge is 0.454 e. The Bertz CT molecular complexity index is 1240. The summed E-state index contributed by atoms with van der Waals surface area (Å²) in [5.74, 6) is -0.820. The fourth-order valence-electron chi connectivity index (χ4n) is 3.04. The Hall–Kier alpha value is -2.83. The van der Waals surface area contributed by atoms with E-state index in [9.17, 15) is 9.59 Å². The summed E-state index contributed by atoms with van der Waals surface area (Å²) in [6.07, 6.45) is 0. The number of hydrogen-bond donors (Lipinski definition) is 0. The molecular formula is C24H15Br2NO3. The average molecular weight is 525 g/mol. The summed E-state index contributed by atoms with van der Waals surface area (Å²) >= 11 is 6.76. The molecule has 0 fully saturated rings. The molecule has 1 heterocycles. The lowest BCUT2D eigenvalue weighted by molar-refractivity contribution is 0.0476. The second-order valence-electron chi connectivity index (χ2n) is 6.59. The summed E-state index contributed by atoms with van der Waals surface area (Å²) in [5.41, 5.74) is 3.09. The third-order valence-corrected chi connectivity index (χ3v) is 5.63. The summed E-state index contributed by atoms with van der Waals surface area (Å²) in [4.78, 5) is 29.9. The van der Waals surface area contributed by atoms with Gasteiger partial charge in [0.25, 0.3) is 0 Å². The van der Waals surface area contributed by atoms with E-state index in [1.54, 1.807) is 30.3 Å². The minimum absolute atomic E-state index is 0.262. The van der Waals surface area contributed by atoms with E-state index in [-0.39, 0.29) is 12.4 Å². The molecule has 0 saturated carbocycles. The van der Waals surface area contributed by atoms with E-state index in [2.05, 4.69) is 36.8 Å². The van der Waals surface area contributed by atoms with Crippen LogP contribution in [0.2, 0.25) is 0 Å². The lowest BCUT2D eigenvalue weighted by Crippen LogP contribution is -2.15. The van der Waals surface area contributed by atoms with Crippen LogP contribution in [0.25, 0.3) is 22.2 Å². The van der Waals surface area contributed by atoms with Crippen molar-refractivity contribution in [3.05, 3.63) is 98.9 Å². The van der Waals surface area contributed by atoms with Gasteiger partial charge in [0.1, 0.15) is 0 Å². The molecule has 0 N–H and O–H groups in total. The zero-order valence-corrected chi connectivity index (χ0v) is 18.8. The van der Waals surface area contributed by atoms with Crippen LogP contribution in [0, 0.1) is 0 Å². The number of aromatic nitrogens is 1. The summed E-state index contributed by atoms with van der Waals surface area (Å²) in [7, 11) is 0. The zero-order valence-electron chi connectivity index (χ0n) is 15.6. The number of Topliss-reactive ketones (excluding diaryl/α,β-unsaturated/α-hetero) is 1. The molecule has 4 aromatic rings. The predicted molar refractivity (Wildman–Crippen MR) is 124 cm³/mol. The van der Waals surface area contributed by atoms with Crippen LogP contribution in [0.4, 0.5) is 0 Å². The van der Waals surface area contributed by atoms with Crippen molar-refractivity contribution in [2.24, 2.45) is 0 Å². The molecule has 0 amide bonds. The van der Waals surface area contributed by atoms with E-state index in [0.717, 1.165) is 14.5 Å². The number of pyridine rings is 1. The normalized spacial score (nSPS) is 10.7. The first-order valence-corrected chi connectivity index (χ1v) is 10.7. The van der Waals surface area contributed by atoms with Gasteiger partial charge < -0.3 is 4.74 Å². The summed E-state index contributed by atoms with van der Waals surface area (Å²) in [6.45, 7) is -0.329. The standard InChI is InChI=1S/C24H15Br2NO3/c25-17-9-5-15(6-10-17)22-13-20(19-3-1-2-4-21(19)27-22)24(29)30-14-23(28)16-7-11-18(26)12-8-16/h1-13H,14H2. The highest BCUT2D eigenvalue weighted by molar-refractivity contribution is 9.10. The minimum atomic E-state index is -0.558.